The maximum atomic E-state index is 12.4. The van der Waals surface area contributed by atoms with E-state index in [0.717, 1.165) is 18.2 Å². The normalized spacial score (nSPS) is 18.0. The van der Waals surface area contributed by atoms with E-state index in [1.807, 2.05) is 0 Å². The van der Waals surface area contributed by atoms with Gasteiger partial charge in [-0.25, -0.2) is 4.79 Å². The first kappa shape index (κ1) is 14.1. The molecule has 0 radical (unpaired) electrons. The Morgan fingerprint density at radius 2 is 2.21 bits per heavy atom. The molecule has 19 heavy (non-hydrogen) atoms. The van der Waals surface area contributed by atoms with Crippen LogP contribution < -0.4 is 10.1 Å². The highest BCUT2D eigenvalue weighted by molar-refractivity contribution is 9.10. The number of epoxide rings is 1. The molecular weight excluding hydrogens is 331 g/mol. The van der Waals surface area contributed by atoms with Crippen LogP contribution in [-0.4, -0.2) is 25.3 Å². The minimum atomic E-state index is -4.44. The van der Waals surface area contributed by atoms with Gasteiger partial charge in [-0.05, 0) is 34.1 Å². The average molecular weight is 340 g/mol. The molecule has 104 valence electrons. The van der Waals surface area contributed by atoms with Crippen LogP contribution in [0, 0.1) is 0 Å². The van der Waals surface area contributed by atoms with Crippen molar-refractivity contribution in [3.8, 4) is 5.75 Å². The highest BCUT2D eigenvalue weighted by Gasteiger charge is 2.31. The highest BCUT2D eigenvalue weighted by atomic mass is 79.9. The third kappa shape index (κ3) is 4.10. The zero-order chi connectivity index (χ0) is 14.0. The van der Waals surface area contributed by atoms with Gasteiger partial charge in [0.15, 0.2) is 0 Å². The van der Waals surface area contributed by atoms with Crippen LogP contribution in [0.4, 0.5) is 18.0 Å². The lowest BCUT2D eigenvalue weighted by Gasteiger charge is -2.10. The molecule has 2 rings (SSSR count). The number of amides is 1. The van der Waals surface area contributed by atoms with Crippen molar-refractivity contribution in [3.63, 3.8) is 0 Å². The van der Waals surface area contributed by atoms with Crippen molar-refractivity contribution < 1.29 is 27.4 Å². The highest BCUT2D eigenvalue weighted by Crippen LogP contribution is 2.34. The van der Waals surface area contributed by atoms with Gasteiger partial charge in [0.2, 0.25) is 0 Å². The zero-order valence-electron chi connectivity index (χ0n) is 9.46. The standard InChI is InChI=1S/C11H9BrF3NO3/c12-8-3-6(11(13,14)15)1-2-9(8)19-10(17)16-4-7-5-18-7/h1-3,7H,4-5H2,(H,16,17)/t7-/m0/s1. The van der Waals surface area contributed by atoms with Gasteiger partial charge < -0.3 is 14.8 Å². The Morgan fingerprint density at radius 1 is 1.53 bits per heavy atom. The summed E-state index contributed by atoms with van der Waals surface area (Å²) in [5, 5.41) is 2.44. The van der Waals surface area contributed by atoms with Crippen molar-refractivity contribution in [1.29, 1.82) is 0 Å². The second kappa shape index (κ2) is 5.38. The number of hydrogen-bond donors (Lipinski definition) is 1. The number of carbonyl (C=O) groups excluding carboxylic acids is 1. The Bertz CT molecular complexity index is 489. The quantitative estimate of drug-likeness (QED) is 0.861. The van der Waals surface area contributed by atoms with Crippen LogP contribution in [0.3, 0.4) is 0 Å². The molecule has 1 heterocycles. The minimum Gasteiger partial charge on any atom is -0.409 e. The van der Waals surface area contributed by atoms with E-state index in [1.165, 1.54) is 0 Å². The van der Waals surface area contributed by atoms with E-state index in [2.05, 4.69) is 21.2 Å². The maximum absolute atomic E-state index is 12.4. The Kier molecular flexibility index (Phi) is 4.00. The Hall–Kier alpha value is -1.28. The smallest absolute Gasteiger partial charge is 0.409 e. The largest absolute Gasteiger partial charge is 0.416 e. The van der Waals surface area contributed by atoms with Gasteiger partial charge in [-0.15, -0.1) is 0 Å². The van der Waals surface area contributed by atoms with Crippen LogP contribution in [0.1, 0.15) is 5.56 Å². The molecule has 1 aromatic carbocycles. The van der Waals surface area contributed by atoms with E-state index < -0.39 is 17.8 Å². The second-order valence-electron chi connectivity index (χ2n) is 3.87. The first-order chi connectivity index (χ1) is 8.86. The van der Waals surface area contributed by atoms with Gasteiger partial charge in [-0.2, -0.15) is 13.2 Å². The Morgan fingerprint density at radius 3 is 2.74 bits per heavy atom. The molecule has 0 aromatic heterocycles. The summed E-state index contributed by atoms with van der Waals surface area (Å²) < 4.78 is 47.1. The maximum Gasteiger partial charge on any atom is 0.416 e. The van der Waals surface area contributed by atoms with E-state index >= 15 is 0 Å². The lowest BCUT2D eigenvalue weighted by Crippen LogP contribution is -2.30. The molecule has 1 aliphatic rings. The van der Waals surface area contributed by atoms with Gasteiger partial charge >= 0.3 is 12.3 Å². The van der Waals surface area contributed by atoms with E-state index in [0.29, 0.717) is 13.2 Å². The van der Waals surface area contributed by atoms with E-state index in [9.17, 15) is 18.0 Å². The number of halogens is 4. The SMILES string of the molecule is O=C(NC[C@H]1CO1)Oc1ccc(C(F)(F)F)cc1Br. The summed E-state index contributed by atoms with van der Waals surface area (Å²) in [7, 11) is 0. The number of hydrogen-bond acceptors (Lipinski definition) is 3. The number of rotatable bonds is 3. The van der Waals surface area contributed by atoms with Crippen LogP contribution in [0.2, 0.25) is 0 Å². The first-order valence-electron chi connectivity index (χ1n) is 5.30. The lowest BCUT2D eigenvalue weighted by molar-refractivity contribution is -0.137. The predicted molar refractivity (Wildman–Crippen MR) is 62.9 cm³/mol. The van der Waals surface area contributed by atoms with Gasteiger partial charge in [-0.1, -0.05) is 0 Å². The van der Waals surface area contributed by atoms with Crippen LogP contribution in [0.15, 0.2) is 22.7 Å². The van der Waals surface area contributed by atoms with Gasteiger partial charge in [0.25, 0.3) is 0 Å². The van der Waals surface area contributed by atoms with Crippen molar-refractivity contribution >= 4 is 22.0 Å². The molecule has 0 bridgehead atoms. The van der Waals surface area contributed by atoms with Crippen molar-refractivity contribution in [2.75, 3.05) is 13.2 Å². The molecule has 8 heteroatoms. The molecular formula is C11H9BrF3NO3. The summed E-state index contributed by atoms with van der Waals surface area (Å²) in [6, 6.07) is 2.78. The van der Waals surface area contributed by atoms with Crippen LogP contribution in [0.25, 0.3) is 0 Å². The topological polar surface area (TPSA) is 50.9 Å². The third-order valence-electron chi connectivity index (χ3n) is 2.34. The molecule has 1 aromatic rings. The molecule has 1 amide bonds. The number of alkyl halides is 3. The fraction of sp³-hybridized carbons (Fsp3) is 0.364. The molecule has 4 nitrogen and oxygen atoms in total. The van der Waals surface area contributed by atoms with Gasteiger partial charge in [0.05, 0.1) is 22.7 Å². The van der Waals surface area contributed by atoms with Gasteiger partial charge in [0, 0.05) is 6.54 Å². The molecule has 1 atom stereocenters. The number of ether oxygens (including phenoxy) is 2. The van der Waals surface area contributed by atoms with Crippen LogP contribution in [0.5, 0.6) is 5.75 Å². The predicted octanol–water partition coefficient (Wildman–Crippen LogP) is 2.96. The number of carbonyl (C=O) groups is 1. The summed E-state index contributed by atoms with van der Waals surface area (Å²) in [6.45, 7) is 0.904. The lowest BCUT2D eigenvalue weighted by atomic mass is 10.2. The monoisotopic (exact) mass is 339 g/mol. The fourth-order valence-electron chi connectivity index (χ4n) is 1.28. The molecule has 0 unspecified atom stereocenters. The molecule has 1 aliphatic heterocycles. The van der Waals surface area contributed by atoms with Crippen molar-refractivity contribution in [2.24, 2.45) is 0 Å². The summed E-state index contributed by atoms with van der Waals surface area (Å²) in [5.74, 6) is 0.0159. The molecule has 1 fully saturated rings. The van der Waals surface area contributed by atoms with Crippen LogP contribution >= 0.6 is 15.9 Å². The average Bonchev–Trinajstić information content (AvgIpc) is 3.11. The van der Waals surface area contributed by atoms with E-state index in [-0.39, 0.29) is 16.3 Å². The second-order valence-corrected chi connectivity index (χ2v) is 4.72. The summed E-state index contributed by atoms with van der Waals surface area (Å²) in [4.78, 5) is 11.3. The molecule has 0 saturated carbocycles. The third-order valence-corrected chi connectivity index (χ3v) is 2.96. The molecule has 0 aliphatic carbocycles. The van der Waals surface area contributed by atoms with Crippen LogP contribution in [-0.2, 0) is 10.9 Å². The first-order valence-corrected chi connectivity index (χ1v) is 6.09. The number of benzene rings is 1. The zero-order valence-corrected chi connectivity index (χ0v) is 11.0. The van der Waals surface area contributed by atoms with Crippen molar-refractivity contribution in [3.05, 3.63) is 28.2 Å². The minimum absolute atomic E-state index is 0.00333. The number of nitrogens with one attached hydrogen (secondary N) is 1. The summed E-state index contributed by atoms with van der Waals surface area (Å²) in [5.41, 5.74) is -0.821. The van der Waals surface area contributed by atoms with Gasteiger partial charge in [0.1, 0.15) is 5.75 Å². The molecule has 1 N–H and O–H groups in total. The molecule has 1 saturated heterocycles. The van der Waals surface area contributed by atoms with Crippen molar-refractivity contribution in [1.82, 2.24) is 5.32 Å². The Balaban J connectivity index is 1.98. The summed E-state index contributed by atoms with van der Waals surface area (Å²) >= 11 is 2.93. The van der Waals surface area contributed by atoms with E-state index in [1.54, 1.807) is 0 Å². The Labute approximate surface area is 115 Å². The summed E-state index contributed by atoms with van der Waals surface area (Å²) in [6.07, 6.45) is -5.17. The van der Waals surface area contributed by atoms with E-state index in [4.69, 9.17) is 9.47 Å². The van der Waals surface area contributed by atoms with Crippen molar-refractivity contribution in [2.45, 2.75) is 12.3 Å². The van der Waals surface area contributed by atoms with Gasteiger partial charge in [-0.3, -0.25) is 0 Å². The molecule has 0 spiro atoms. The fourth-order valence-corrected chi connectivity index (χ4v) is 1.74.